The number of para-hydroxylation sites is 3. The van der Waals surface area contributed by atoms with Crippen LogP contribution in [-0.4, -0.2) is 69.1 Å². The zero-order valence-corrected chi connectivity index (χ0v) is 27.3. The molecular formula is C27H42O9Si3. The second-order valence-corrected chi connectivity index (χ2v) is 16.3. The standard InChI is InChI=1S/C14H16O3Si.C9H14O3Si.C4H12O3Si/c1-15-18(2,16-13-9-5-3-6-10-13)17-14-11-7-4-8-12-14;1-10-13(3,11-2)12-9-7-5-4-6-8-9;1-5-8(4,6-2)7-3/h3-12H,1-2H3;4-8H,1-3H3;1-4H3. The Labute approximate surface area is 236 Å². The van der Waals surface area contributed by atoms with E-state index in [-0.39, 0.29) is 0 Å². The van der Waals surface area contributed by atoms with E-state index in [4.69, 9.17) is 39.8 Å². The maximum absolute atomic E-state index is 5.85. The topological polar surface area (TPSA) is 83.1 Å². The molecule has 0 amide bonds. The summed E-state index contributed by atoms with van der Waals surface area (Å²) in [5.41, 5.74) is 0. The second kappa shape index (κ2) is 17.9. The van der Waals surface area contributed by atoms with Crippen LogP contribution in [0.15, 0.2) is 91.0 Å². The van der Waals surface area contributed by atoms with Gasteiger partial charge in [0.1, 0.15) is 17.2 Å². The van der Waals surface area contributed by atoms with E-state index < -0.39 is 26.4 Å². The molecule has 0 bridgehead atoms. The van der Waals surface area contributed by atoms with Crippen LogP contribution in [0.4, 0.5) is 0 Å². The van der Waals surface area contributed by atoms with Gasteiger partial charge in [-0.25, -0.2) is 0 Å². The Balaban J connectivity index is 0.000000318. The fraction of sp³-hybridized carbons (Fsp3) is 0.333. The molecule has 0 aliphatic rings. The van der Waals surface area contributed by atoms with Crippen molar-refractivity contribution >= 4 is 26.4 Å². The molecule has 0 heterocycles. The molecule has 0 spiro atoms. The van der Waals surface area contributed by atoms with Gasteiger partial charge in [0.25, 0.3) is 0 Å². The van der Waals surface area contributed by atoms with E-state index in [2.05, 4.69) is 0 Å². The van der Waals surface area contributed by atoms with Gasteiger partial charge in [0.05, 0.1) is 0 Å². The van der Waals surface area contributed by atoms with E-state index in [1.54, 1.807) is 42.7 Å². The molecule has 216 valence electrons. The molecule has 0 aliphatic carbocycles. The van der Waals surface area contributed by atoms with Gasteiger partial charge in [-0.15, -0.1) is 0 Å². The lowest BCUT2D eigenvalue weighted by atomic mass is 10.3. The van der Waals surface area contributed by atoms with Crippen molar-refractivity contribution in [2.24, 2.45) is 0 Å². The van der Waals surface area contributed by atoms with Gasteiger partial charge in [0.15, 0.2) is 0 Å². The van der Waals surface area contributed by atoms with Crippen LogP contribution >= 0.6 is 0 Å². The predicted molar refractivity (Wildman–Crippen MR) is 158 cm³/mol. The van der Waals surface area contributed by atoms with Gasteiger partial charge < -0.3 is 39.8 Å². The first-order chi connectivity index (χ1) is 18.6. The smallest absolute Gasteiger partial charge is 0.501 e. The third kappa shape index (κ3) is 13.4. The van der Waals surface area contributed by atoms with Crippen molar-refractivity contribution in [3.63, 3.8) is 0 Å². The summed E-state index contributed by atoms with van der Waals surface area (Å²) in [7, 11) is 2.23. The zero-order valence-electron chi connectivity index (χ0n) is 24.3. The van der Waals surface area contributed by atoms with Crippen LogP contribution in [0.3, 0.4) is 0 Å². The van der Waals surface area contributed by atoms with Crippen molar-refractivity contribution in [1.29, 1.82) is 0 Å². The van der Waals surface area contributed by atoms with E-state index in [0.29, 0.717) is 0 Å². The van der Waals surface area contributed by atoms with Crippen LogP contribution in [0, 0.1) is 0 Å². The van der Waals surface area contributed by atoms with Crippen molar-refractivity contribution < 1.29 is 39.8 Å². The Hall–Kier alpha value is -2.53. The monoisotopic (exact) mass is 594 g/mol. The van der Waals surface area contributed by atoms with E-state index in [9.17, 15) is 0 Å². The van der Waals surface area contributed by atoms with E-state index >= 15 is 0 Å². The Bertz CT molecular complexity index is 957. The molecule has 3 aromatic carbocycles. The van der Waals surface area contributed by atoms with Crippen molar-refractivity contribution in [3.8, 4) is 17.2 Å². The number of hydrogen-bond acceptors (Lipinski definition) is 9. The highest BCUT2D eigenvalue weighted by molar-refractivity contribution is 6.61. The van der Waals surface area contributed by atoms with Crippen LogP contribution in [0.1, 0.15) is 0 Å². The molecule has 0 N–H and O–H groups in total. The highest BCUT2D eigenvalue weighted by atomic mass is 28.4. The summed E-state index contributed by atoms with van der Waals surface area (Å²) in [5.74, 6) is 2.29. The zero-order chi connectivity index (χ0) is 29.2. The maximum atomic E-state index is 5.85. The number of benzene rings is 3. The summed E-state index contributed by atoms with van der Waals surface area (Å²) in [5, 5.41) is 0. The van der Waals surface area contributed by atoms with Crippen LogP contribution in [-0.2, 0) is 26.6 Å². The third-order valence-corrected chi connectivity index (χ3v) is 11.6. The van der Waals surface area contributed by atoms with Gasteiger partial charge in [-0.3, -0.25) is 0 Å². The highest BCUT2D eigenvalue weighted by Gasteiger charge is 2.38. The van der Waals surface area contributed by atoms with Crippen LogP contribution in [0.5, 0.6) is 17.2 Å². The van der Waals surface area contributed by atoms with Crippen molar-refractivity contribution in [1.82, 2.24) is 0 Å². The molecule has 9 nitrogen and oxygen atoms in total. The minimum absolute atomic E-state index is 0.754. The number of rotatable bonds is 12. The summed E-state index contributed by atoms with van der Waals surface area (Å²) in [6, 6.07) is 28.6. The summed E-state index contributed by atoms with van der Waals surface area (Å²) in [4.78, 5) is 0. The molecule has 0 radical (unpaired) electrons. The van der Waals surface area contributed by atoms with Crippen LogP contribution < -0.4 is 13.3 Å². The normalized spacial score (nSPS) is 11.3. The van der Waals surface area contributed by atoms with Gasteiger partial charge in [0, 0.05) is 62.3 Å². The lowest BCUT2D eigenvalue weighted by Gasteiger charge is -2.25. The van der Waals surface area contributed by atoms with Gasteiger partial charge in [0.2, 0.25) is 0 Å². The van der Waals surface area contributed by atoms with Crippen molar-refractivity contribution in [2.75, 3.05) is 42.7 Å². The Morgan fingerprint density at radius 2 is 0.564 bits per heavy atom. The second-order valence-electron chi connectivity index (χ2n) is 8.06. The van der Waals surface area contributed by atoms with E-state index in [0.717, 1.165) is 17.2 Å². The molecule has 0 fully saturated rings. The Morgan fingerprint density at radius 3 is 0.769 bits per heavy atom. The Morgan fingerprint density at radius 1 is 0.333 bits per heavy atom. The first kappa shape index (κ1) is 34.5. The molecule has 0 saturated heterocycles. The average molecular weight is 595 g/mol. The first-order valence-electron chi connectivity index (χ1n) is 12.1. The van der Waals surface area contributed by atoms with Crippen molar-refractivity contribution in [2.45, 2.75) is 19.6 Å². The summed E-state index contributed by atoms with van der Waals surface area (Å²) < 4.78 is 47.9. The minimum Gasteiger partial charge on any atom is -0.501 e. The van der Waals surface area contributed by atoms with Gasteiger partial charge in [-0.05, 0) is 36.4 Å². The highest BCUT2D eigenvalue weighted by Crippen LogP contribution is 2.20. The molecule has 3 rings (SSSR count). The van der Waals surface area contributed by atoms with Gasteiger partial charge >= 0.3 is 26.4 Å². The molecule has 39 heavy (non-hydrogen) atoms. The lowest BCUT2D eigenvalue weighted by Crippen LogP contribution is -2.47. The third-order valence-electron chi connectivity index (χ3n) is 5.36. The van der Waals surface area contributed by atoms with Crippen molar-refractivity contribution in [3.05, 3.63) is 91.0 Å². The molecule has 0 unspecified atom stereocenters. The molecule has 3 aromatic rings. The molecule has 0 saturated carbocycles. The number of hydrogen-bond donors (Lipinski definition) is 0. The van der Waals surface area contributed by atoms with E-state index in [1.807, 2.05) is 111 Å². The minimum atomic E-state index is -2.71. The predicted octanol–water partition coefficient (Wildman–Crippen LogP) is 5.78. The fourth-order valence-electron chi connectivity index (χ4n) is 2.63. The quantitative estimate of drug-likeness (QED) is 0.242. The van der Waals surface area contributed by atoms with Crippen LogP contribution in [0.25, 0.3) is 0 Å². The van der Waals surface area contributed by atoms with Gasteiger partial charge in [-0.1, -0.05) is 54.6 Å². The summed E-state index contributed by atoms with van der Waals surface area (Å²) in [6.45, 7) is 5.54. The molecule has 0 aromatic heterocycles. The fourth-order valence-corrected chi connectivity index (χ4v) is 5.36. The first-order valence-corrected chi connectivity index (χ1v) is 18.8. The molecular weight excluding hydrogens is 553 g/mol. The van der Waals surface area contributed by atoms with Crippen LogP contribution in [0.2, 0.25) is 19.6 Å². The SMILES string of the molecule is CO[Si](C)(OC)OC.CO[Si](C)(OC)Oc1ccccc1.CO[Si](C)(Oc1ccccc1)Oc1ccccc1. The molecule has 0 aliphatic heterocycles. The van der Waals surface area contributed by atoms with Gasteiger partial charge in [-0.2, -0.15) is 0 Å². The molecule has 12 heteroatoms. The maximum Gasteiger partial charge on any atom is 0.628 e. The largest absolute Gasteiger partial charge is 0.628 e. The summed E-state index contributed by atoms with van der Waals surface area (Å²) in [6.07, 6.45) is 0. The van der Waals surface area contributed by atoms with E-state index in [1.165, 1.54) is 0 Å². The average Bonchev–Trinajstić information content (AvgIpc) is 2.99. The Kier molecular flexibility index (Phi) is 15.9. The lowest BCUT2D eigenvalue weighted by molar-refractivity contribution is 0.132. The summed E-state index contributed by atoms with van der Waals surface area (Å²) >= 11 is 0. The molecule has 0 atom stereocenters.